The molecule has 1 atom stereocenters. The Bertz CT molecular complexity index is 1330. The summed E-state index contributed by atoms with van der Waals surface area (Å²) in [6.07, 6.45) is 2.96. The number of hydrogen-bond acceptors (Lipinski definition) is 4. The fourth-order valence-corrected chi connectivity index (χ4v) is 5.60. The van der Waals surface area contributed by atoms with Gasteiger partial charge in [-0.3, -0.25) is 4.79 Å². The smallest absolute Gasteiger partial charge is 0.257 e. The first-order valence-electron chi connectivity index (χ1n) is 10.4. The highest BCUT2D eigenvalue weighted by molar-refractivity contribution is 7.16. The minimum absolute atomic E-state index is 0.209. The highest BCUT2D eigenvalue weighted by Crippen LogP contribution is 2.39. The first-order chi connectivity index (χ1) is 15.1. The number of anilines is 1. The van der Waals surface area contributed by atoms with E-state index in [2.05, 4.69) is 18.3 Å². The SMILES string of the molecule is C[C@@H]1CCc2c(sc(NC(=O)c3cc(-c4ccccc4)nc4ccccc34)c2C#N)C1. The van der Waals surface area contributed by atoms with Gasteiger partial charge in [0.15, 0.2) is 0 Å². The molecule has 0 saturated heterocycles. The van der Waals surface area contributed by atoms with E-state index in [4.69, 9.17) is 4.98 Å². The zero-order valence-electron chi connectivity index (χ0n) is 17.2. The number of para-hydroxylation sites is 1. The average Bonchev–Trinajstić information content (AvgIpc) is 3.14. The van der Waals surface area contributed by atoms with Crippen molar-refractivity contribution in [2.75, 3.05) is 5.32 Å². The summed E-state index contributed by atoms with van der Waals surface area (Å²) in [4.78, 5) is 19.4. The maximum Gasteiger partial charge on any atom is 0.257 e. The second kappa shape index (κ2) is 7.98. The molecule has 0 unspecified atom stereocenters. The maximum atomic E-state index is 13.4. The zero-order chi connectivity index (χ0) is 21.4. The Hall–Kier alpha value is -3.49. The number of aromatic nitrogens is 1. The van der Waals surface area contributed by atoms with E-state index in [1.807, 2.05) is 60.7 Å². The number of benzene rings is 2. The molecule has 5 heteroatoms. The van der Waals surface area contributed by atoms with Crippen molar-refractivity contribution in [1.29, 1.82) is 5.26 Å². The first kappa shape index (κ1) is 19.5. The van der Waals surface area contributed by atoms with Gasteiger partial charge in [-0.25, -0.2) is 4.98 Å². The van der Waals surface area contributed by atoms with Crippen LogP contribution in [0.25, 0.3) is 22.2 Å². The van der Waals surface area contributed by atoms with Crippen molar-refractivity contribution in [3.8, 4) is 17.3 Å². The Balaban J connectivity index is 1.57. The van der Waals surface area contributed by atoms with E-state index in [9.17, 15) is 10.1 Å². The number of hydrogen-bond donors (Lipinski definition) is 1. The monoisotopic (exact) mass is 423 g/mol. The predicted molar refractivity (Wildman–Crippen MR) is 125 cm³/mol. The fraction of sp³-hybridized carbons (Fsp3) is 0.192. The number of nitrogens with one attached hydrogen (secondary N) is 1. The number of rotatable bonds is 3. The topological polar surface area (TPSA) is 65.8 Å². The molecule has 0 radical (unpaired) electrons. The molecular weight excluding hydrogens is 402 g/mol. The van der Waals surface area contributed by atoms with Crippen LogP contribution in [0, 0.1) is 17.2 Å². The van der Waals surface area contributed by atoms with E-state index in [1.165, 1.54) is 4.88 Å². The van der Waals surface area contributed by atoms with Crippen LogP contribution >= 0.6 is 11.3 Å². The summed E-state index contributed by atoms with van der Waals surface area (Å²) in [6.45, 7) is 2.24. The van der Waals surface area contributed by atoms with Gasteiger partial charge >= 0.3 is 0 Å². The van der Waals surface area contributed by atoms with E-state index in [1.54, 1.807) is 11.3 Å². The Morgan fingerprint density at radius 3 is 2.74 bits per heavy atom. The Kier molecular flexibility index (Phi) is 5.01. The highest BCUT2D eigenvalue weighted by Gasteiger charge is 2.25. The minimum atomic E-state index is -0.209. The number of thiophene rings is 1. The lowest BCUT2D eigenvalue weighted by molar-refractivity contribution is 0.102. The Labute approximate surface area is 185 Å². The van der Waals surface area contributed by atoms with Gasteiger partial charge in [0.05, 0.1) is 22.3 Å². The summed E-state index contributed by atoms with van der Waals surface area (Å²) < 4.78 is 0. The summed E-state index contributed by atoms with van der Waals surface area (Å²) in [6, 6.07) is 21.7. The molecular formula is C26H21N3OS. The quantitative estimate of drug-likeness (QED) is 0.426. The number of fused-ring (bicyclic) bond motifs is 2. The molecule has 1 amide bonds. The highest BCUT2D eigenvalue weighted by atomic mass is 32.1. The Morgan fingerprint density at radius 1 is 1.16 bits per heavy atom. The third-order valence-corrected chi connectivity index (χ3v) is 7.05. The van der Waals surface area contributed by atoms with Crippen molar-refractivity contribution in [3.63, 3.8) is 0 Å². The normalized spacial score (nSPS) is 15.3. The number of pyridine rings is 1. The van der Waals surface area contributed by atoms with Crippen LogP contribution in [0.5, 0.6) is 0 Å². The molecule has 2 aromatic carbocycles. The van der Waals surface area contributed by atoms with Gasteiger partial charge < -0.3 is 5.32 Å². The number of amides is 1. The van der Waals surface area contributed by atoms with Gasteiger partial charge in [0.2, 0.25) is 0 Å². The molecule has 0 spiro atoms. The second-order valence-electron chi connectivity index (χ2n) is 8.06. The molecule has 0 saturated carbocycles. The standard InChI is InChI=1S/C26H21N3OS/c1-16-11-12-19-21(15-27)26(31-24(19)13-16)29-25(30)20-14-23(17-7-3-2-4-8-17)28-22-10-6-5-9-18(20)22/h2-10,14,16H,11-13H2,1H3,(H,29,30)/t16-/m1/s1. The molecule has 1 N–H and O–H groups in total. The third kappa shape index (κ3) is 3.60. The number of carbonyl (C=O) groups is 1. The maximum absolute atomic E-state index is 13.4. The van der Waals surface area contributed by atoms with Crippen LogP contribution in [-0.2, 0) is 12.8 Å². The molecule has 0 bridgehead atoms. The second-order valence-corrected chi connectivity index (χ2v) is 9.17. The molecule has 1 aliphatic carbocycles. The molecule has 5 rings (SSSR count). The lowest BCUT2D eigenvalue weighted by Gasteiger charge is -2.17. The lowest BCUT2D eigenvalue weighted by atomic mass is 9.88. The summed E-state index contributed by atoms with van der Waals surface area (Å²) >= 11 is 1.55. The summed E-state index contributed by atoms with van der Waals surface area (Å²) in [5.41, 5.74) is 4.79. The van der Waals surface area contributed by atoms with E-state index < -0.39 is 0 Å². The molecule has 4 aromatic rings. The zero-order valence-corrected chi connectivity index (χ0v) is 18.0. The van der Waals surface area contributed by atoms with Crippen LogP contribution in [0.4, 0.5) is 5.00 Å². The van der Waals surface area contributed by atoms with Crippen molar-refractivity contribution in [2.24, 2.45) is 5.92 Å². The first-order valence-corrected chi connectivity index (χ1v) is 11.3. The van der Waals surface area contributed by atoms with Crippen LogP contribution in [0.3, 0.4) is 0 Å². The van der Waals surface area contributed by atoms with E-state index in [-0.39, 0.29) is 5.91 Å². The van der Waals surface area contributed by atoms with Crippen molar-refractivity contribution in [1.82, 2.24) is 4.98 Å². The van der Waals surface area contributed by atoms with Gasteiger partial charge in [-0.05, 0) is 42.9 Å². The Morgan fingerprint density at radius 2 is 1.94 bits per heavy atom. The van der Waals surface area contributed by atoms with Crippen LogP contribution in [0.2, 0.25) is 0 Å². The lowest BCUT2D eigenvalue weighted by Crippen LogP contribution is -2.13. The summed E-state index contributed by atoms with van der Waals surface area (Å²) in [5.74, 6) is 0.401. The van der Waals surface area contributed by atoms with E-state index in [0.29, 0.717) is 22.0 Å². The molecule has 1 aliphatic rings. The number of carbonyl (C=O) groups excluding carboxylic acids is 1. The minimum Gasteiger partial charge on any atom is -0.312 e. The molecule has 0 fully saturated rings. The van der Waals surface area contributed by atoms with Gasteiger partial charge in [-0.2, -0.15) is 5.26 Å². The summed E-state index contributed by atoms with van der Waals surface area (Å²) in [7, 11) is 0. The van der Waals surface area contributed by atoms with Crippen molar-refractivity contribution < 1.29 is 4.79 Å². The average molecular weight is 424 g/mol. The predicted octanol–water partition coefficient (Wildman–Crippen LogP) is 6.21. The van der Waals surface area contributed by atoms with Crippen molar-refractivity contribution in [2.45, 2.75) is 26.2 Å². The van der Waals surface area contributed by atoms with Gasteiger partial charge in [-0.15, -0.1) is 11.3 Å². The summed E-state index contributed by atoms with van der Waals surface area (Å²) in [5, 5.41) is 14.3. The fourth-order valence-electron chi connectivity index (χ4n) is 4.25. The van der Waals surface area contributed by atoms with Gasteiger partial charge in [-0.1, -0.05) is 55.5 Å². The van der Waals surface area contributed by atoms with Crippen LogP contribution in [0.15, 0.2) is 60.7 Å². The molecule has 2 aromatic heterocycles. The third-order valence-electron chi connectivity index (χ3n) is 5.88. The molecule has 152 valence electrons. The van der Waals surface area contributed by atoms with Gasteiger partial charge in [0.1, 0.15) is 11.1 Å². The number of nitrogens with zero attached hydrogens (tertiary/aromatic N) is 2. The molecule has 2 heterocycles. The molecule has 31 heavy (non-hydrogen) atoms. The van der Waals surface area contributed by atoms with Gasteiger partial charge in [0.25, 0.3) is 5.91 Å². The van der Waals surface area contributed by atoms with Crippen LogP contribution in [0.1, 0.15) is 39.7 Å². The molecule has 0 aliphatic heterocycles. The van der Waals surface area contributed by atoms with Gasteiger partial charge in [0, 0.05) is 15.8 Å². The van der Waals surface area contributed by atoms with Crippen molar-refractivity contribution >= 4 is 33.1 Å². The molecule has 4 nitrogen and oxygen atoms in total. The van der Waals surface area contributed by atoms with E-state index >= 15 is 0 Å². The largest absolute Gasteiger partial charge is 0.312 e. The van der Waals surface area contributed by atoms with Crippen molar-refractivity contribution in [3.05, 3.63) is 82.2 Å². The van der Waals surface area contributed by atoms with E-state index in [0.717, 1.165) is 47.0 Å². The number of nitriles is 1. The van der Waals surface area contributed by atoms with Crippen LogP contribution < -0.4 is 5.32 Å². The van der Waals surface area contributed by atoms with Crippen LogP contribution in [-0.4, -0.2) is 10.9 Å².